The Kier molecular flexibility index (Phi) is 4.65. The molecule has 6 rings (SSSR count). The Bertz CT molecular complexity index is 897. The van der Waals surface area contributed by atoms with Gasteiger partial charge in [-0.15, -0.1) is 0 Å². The molecule has 2 amide bonds. The Morgan fingerprint density at radius 3 is 2.21 bits per heavy atom. The van der Waals surface area contributed by atoms with Crippen molar-refractivity contribution in [3.05, 3.63) is 58.6 Å². The third-order valence-corrected chi connectivity index (χ3v) is 6.91. The van der Waals surface area contributed by atoms with E-state index in [2.05, 4.69) is 10.2 Å². The summed E-state index contributed by atoms with van der Waals surface area (Å²) in [4.78, 5) is 16.9. The van der Waals surface area contributed by atoms with Crippen molar-refractivity contribution < 1.29 is 9.53 Å². The second-order valence-electron chi connectivity index (χ2n) is 8.33. The summed E-state index contributed by atoms with van der Waals surface area (Å²) < 4.78 is 5.75. The molecule has 1 heterocycles. The highest BCUT2D eigenvalue weighted by molar-refractivity contribution is 6.30. The van der Waals surface area contributed by atoms with E-state index in [0.29, 0.717) is 16.7 Å². The molecule has 7 heteroatoms. The van der Waals surface area contributed by atoms with Crippen LogP contribution in [0.15, 0.2) is 48.5 Å². The molecule has 3 saturated carbocycles. The number of nitrogens with one attached hydrogen (secondary N) is 1. The third kappa shape index (κ3) is 3.35. The number of benzene rings is 2. The Balaban J connectivity index is 1.10. The molecule has 1 aliphatic heterocycles. The molecule has 29 heavy (non-hydrogen) atoms. The van der Waals surface area contributed by atoms with Crippen molar-refractivity contribution >= 4 is 34.9 Å². The first-order chi connectivity index (χ1) is 14.0. The van der Waals surface area contributed by atoms with Crippen LogP contribution in [0, 0.1) is 0 Å². The minimum Gasteiger partial charge on any atom is -0.492 e. The Morgan fingerprint density at radius 2 is 1.55 bits per heavy atom. The molecular formula is C22H23Cl2N3O2. The van der Waals surface area contributed by atoms with E-state index >= 15 is 0 Å². The molecule has 5 nitrogen and oxygen atoms in total. The number of amides is 2. The van der Waals surface area contributed by atoms with Crippen LogP contribution in [0.5, 0.6) is 5.75 Å². The van der Waals surface area contributed by atoms with Crippen LogP contribution in [-0.2, 0) is 0 Å². The molecule has 2 aromatic carbocycles. The fraction of sp³-hybridized carbons (Fsp3) is 0.409. The molecule has 4 fully saturated rings. The lowest BCUT2D eigenvalue weighted by Crippen LogP contribution is -2.83. The van der Waals surface area contributed by atoms with Gasteiger partial charge in [0.05, 0.1) is 5.54 Å². The Hall–Kier alpha value is -1.95. The monoisotopic (exact) mass is 431 g/mol. The maximum absolute atomic E-state index is 13.0. The Labute approximate surface area is 180 Å². The lowest BCUT2D eigenvalue weighted by molar-refractivity contribution is -0.155. The van der Waals surface area contributed by atoms with E-state index in [-0.39, 0.29) is 17.1 Å². The van der Waals surface area contributed by atoms with Crippen molar-refractivity contribution in [3.63, 3.8) is 0 Å². The smallest absolute Gasteiger partial charge is 0.325 e. The van der Waals surface area contributed by atoms with E-state index in [1.165, 1.54) is 0 Å². The average Bonchev–Trinajstić information content (AvgIpc) is 3.03. The molecule has 1 saturated heterocycles. The van der Waals surface area contributed by atoms with Gasteiger partial charge in [0.2, 0.25) is 0 Å². The van der Waals surface area contributed by atoms with Crippen molar-refractivity contribution in [2.75, 3.05) is 31.1 Å². The van der Waals surface area contributed by atoms with E-state index in [1.807, 2.05) is 53.4 Å². The topological polar surface area (TPSA) is 44.8 Å². The number of nitrogens with zero attached hydrogens (tertiary/aromatic N) is 2. The van der Waals surface area contributed by atoms with Gasteiger partial charge in [-0.3, -0.25) is 4.90 Å². The zero-order chi connectivity index (χ0) is 20.1. The molecule has 0 unspecified atom stereocenters. The van der Waals surface area contributed by atoms with E-state index in [9.17, 15) is 4.79 Å². The molecular weight excluding hydrogens is 409 g/mol. The summed E-state index contributed by atoms with van der Waals surface area (Å²) in [5.41, 5.74) is 1.14. The molecule has 3 aliphatic carbocycles. The van der Waals surface area contributed by atoms with Crippen LogP contribution < -0.4 is 15.0 Å². The maximum Gasteiger partial charge on any atom is 0.325 e. The van der Waals surface area contributed by atoms with Gasteiger partial charge in [0.25, 0.3) is 0 Å². The van der Waals surface area contributed by atoms with Crippen LogP contribution in [0.4, 0.5) is 10.5 Å². The molecule has 1 N–H and O–H groups in total. The number of carbonyl (C=O) groups is 1. The molecule has 0 atom stereocenters. The van der Waals surface area contributed by atoms with E-state index < -0.39 is 0 Å². The first-order valence-electron chi connectivity index (χ1n) is 9.97. The Morgan fingerprint density at radius 1 is 0.931 bits per heavy atom. The van der Waals surface area contributed by atoms with Gasteiger partial charge < -0.3 is 15.0 Å². The summed E-state index contributed by atoms with van der Waals surface area (Å²) in [6, 6.07) is 15.0. The highest BCUT2D eigenvalue weighted by atomic mass is 35.5. The van der Waals surface area contributed by atoms with Crippen LogP contribution in [0.25, 0.3) is 0 Å². The van der Waals surface area contributed by atoms with Gasteiger partial charge >= 0.3 is 6.03 Å². The number of carbonyl (C=O) groups excluding carboxylic acids is 1. The number of rotatable bonds is 7. The normalized spacial score (nSPS) is 27.6. The predicted molar refractivity (Wildman–Crippen MR) is 115 cm³/mol. The highest BCUT2D eigenvalue weighted by Gasteiger charge is 2.71. The van der Waals surface area contributed by atoms with Crippen LogP contribution in [0.1, 0.15) is 19.3 Å². The average molecular weight is 432 g/mol. The van der Waals surface area contributed by atoms with Gasteiger partial charge in [-0.25, -0.2) is 4.79 Å². The number of hydrogen-bond donors (Lipinski definition) is 1. The molecule has 0 radical (unpaired) electrons. The fourth-order valence-electron chi connectivity index (χ4n) is 5.06. The van der Waals surface area contributed by atoms with Crippen LogP contribution in [-0.4, -0.2) is 48.3 Å². The van der Waals surface area contributed by atoms with E-state index in [1.54, 1.807) is 0 Å². The second kappa shape index (κ2) is 7.08. The van der Waals surface area contributed by atoms with Gasteiger partial charge in [-0.2, -0.15) is 0 Å². The molecule has 4 aliphatic rings. The number of urea groups is 1. The number of halogens is 2. The number of hydrogen-bond acceptors (Lipinski definition) is 3. The van der Waals surface area contributed by atoms with Crippen molar-refractivity contribution in [1.82, 2.24) is 10.2 Å². The van der Waals surface area contributed by atoms with E-state index in [4.69, 9.17) is 27.9 Å². The summed E-state index contributed by atoms with van der Waals surface area (Å²) in [7, 11) is 0. The molecule has 2 bridgehead atoms. The molecule has 2 aromatic rings. The largest absolute Gasteiger partial charge is 0.492 e. The van der Waals surface area contributed by atoms with Crippen LogP contribution >= 0.6 is 23.2 Å². The zero-order valence-electron chi connectivity index (χ0n) is 16.0. The SMILES string of the molecule is O=C1N(c2ccc(Cl)cc2)CCN1C12CC(NCCOc3ccc(Cl)cc3)(C1)C2. The van der Waals surface area contributed by atoms with Crippen molar-refractivity contribution in [2.24, 2.45) is 0 Å². The number of anilines is 1. The van der Waals surface area contributed by atoms with Crippen molar-refractivity contribution in [3.8, 4) is 5.75 Å². The van der Waals surface area contributed by atoms with Crippen LogP contribution in [0.3, 0.4) is 0 Å². The first kappa shape index (κ1) is 19.0. The second-order valence-corrected chi connectivity index (χ2v) is 9.20. The molecule has 0 spiro atoms. The highest BCUT2D eigenvalue weighted by Crippen LogP contribution is 2.64. The molecule has 0 aromatic heterocycles. The fourth-order valence-corrected chi connectivity index (χ4v) is 5.31. The van der Waals surface area contributed by atoms with Gasteiger partial charge in [0, 0.05) is 40.9 Å². The summed E-state index contributed by atoms with van der Waals surface area (Å²) >= 11 is 11.9. The predicted octanol–water partition coefficient (Wildman–Crippen LogP) is 4.58. The summed E-state index contributed by atoms with van der Waals surface area (Å²) in [6.07, 6.45) is 3.09. The maximum atomic E-state index is 13.0. The van der Waals surface area contributed by atoms with Crippen molar-refractivity contribution in [1.29, 1.82) is 0 Å². The van der Waals surface area contributed by atoms with Gasteiger partial charge in [-0.05, 0) is 67.8 Å². The van der Waals surface area contributed by atoms with Crippen LogP contribution in [0.2, 0.25) is 10.0 Å². The quantitative estimate of drug-likeness (QED) is 0.652. The summed E-state index contributed by atoms with van der Waals surface area (Å²) in [5, 5.41) is 5.03. The minimum atomic E-state index is 0.0439. The van der Waals surface area contributed by atoms with Gasteiger partial charge in [0.15, 0.2) is 0 Å². The summed E-state index contributed by atoms with van der Waals surface area (Å²) in [5.74, 6) is 0.829. The zero-order valence-corrected chi connectivity index (χ0v) is 17.5. The van der Waals surface area contributed by atoms with Gasteiger partial charge in [0.1, 0.15) is 12.4 Å². The number of ether oxygens (including phenoxy) is 1. The molecule has 152 valence electrons. The lowest BCUT2D eigenvalue weighted by atomic mass is 9.43. The van der Waals surface area contributed by atoms with Crippen molar-refractivity contribution in [2.45, 2.75) is 30.3 Å². The third-order valence-electron chi connectivity index (χ3n) is 6.41. The first-order valence-corrected chi connectivity index (χ1v) is 10.7. The summed E-state index contributed by atoms with van der Waals surface area (Å²) in [6.45, 7) is 2.93. The van der Waals surface area contributed by atoms with E-state index in [0.717, 1.165) is 50.3 Å². The lowest BCUT2D eigenvalue weighted by Gasteiger charge is -2.73. The standard InChI is InChI=1S/C22H23Cl2N3O2/c23-16-1-5-18(6-2-16)26-10-11-27(20(26)28)22-13-21(14-22,15-22)25-9-12-29-19-7-3-17(24)4-8-19/h1-8,25H,9-15H2. The minimum absolute atomic E-state index is 0.0439. The van der Waals surface area contributed by atoms with Gasteiger partial charge in [-0.1, -0.05) is 23.2 Å².